The molecule has 0 bridgehead atoms. The number of hydrogen-bond acceptors (Lipinski definition) is 0. The average Bonchev–Trinajstić information content (AvgIpc) is 3.62. The van der Waals surface area contributed by atoms with Gasteiger partial charge in [0, 0.05) is 11.8 Å². The van der Waals surface area contributed by atoms with E-state index in [9.17, 15) is 0 Å². The summed E-state index contributed by atoms with van der Waals surface area (Å²) < 4.78 is 0. The molecule has 2 aliphatic rings. The van der Waals surface area contributed by atoms with E-state index >= 15 is 0 Å². The first-order chi connectivity index (χ1) is 21.8. The van der Waals surface area contributed by atoms with Gasteiger partial charge in [-0.3, -0.25) is 0 Å². The second-order valence-electron chi connectivity index (χ2n) is 12.0. The summed E-state index contributed by atoms with van der Waals surface area (Å²) in [5.41, 5.74) is 18.9. The standard InChI is InChI=1S/C44H30/c1-3-11-29(12-4-1)31-19-23-33(24-20-31)41-35-15-7-9-17-37(35)43-39(41)27-28-40-42(36-16-8-10-18-38(36)44(40)43)34-25-21-32(22-26-34)30-13-5-2-6-14-30/h1-28,41-42H. The van der Waals surface area contributed by atoms with Crippen LogP contribution in [0, 0.1) is 0 Å². The summed E-state index contributed by atoms with van der Waals surface area (Å²) in [5, 5.41) is 0. The third kappa shape index (κ3) is 3.85. The van der Waals surface area contributed by atoms with Crippen LogP contribution in [-0.4, -0.2) is 0 Å². The Morgan fingerprint density at radius 3 is 1.00 bits per heavy atom. The first-order valence-electron chi connectivity index (χ1n) is 15.5. The normalized spacial score (nSPS) is 15.7. The molecule has 0 aliphatic heterocycles. The molecule has 0 radical (unpaired) electrons. The number of rotatable bonds is 4. The number of fused-ring (bicyclic) bond motifs is 7. The van der Waals surface area contributed by atoms with Crippen molar-refractivity contribution < 1.29 is 0 Å². The van der Waals surface area contributed by atoms with Crippen molar-refractivity contribution in [1.29, 1.82) is 0 Å². The quantitative estimate of drug-likeness (QED) is 0.201. The molecular formula is C44H30. The molecule has 0 heterocycles. The fraction of sp³-hybridized carbons (Fsp3) is 0.0455. The molecule has 0 amide bonds. The highest BCUT2D eigenvalue weighted by atomic mass is 14.4. The Morgan fingerprint density at radius 2 is 0.591 bits per heavy atom. The summed E-state index contributed by atoms with van der Waals surface area (Å²) in [6.07, 6.45) is 0. The van der Waals surface area contributed by atoms with Gasteiger partial charge in [0.15, 0.2) is 0 Å². The van der Waals surface area contributed by atoms with Crippen molar-refractivity contribution >= 4 is 0 Å². The maximum absolute atomic E-state index is 2.42. The predicted octanol–water partition coefficient (Wildman–Crippen LogP) is 11.3. The van der Waals surface area contributed by atoms with Gasteiger partial charge in [0.2, 0.25) is 0 Å². The number of benzene rings is 7. The van der Waals surface area contributed by atoms with Crippen LogP contribution in [0.3, 0.4) is 0 Å². The molecule has 44 heavy (non-hydrogen) atoms. The van der Waals surface area contributed by atoms with Gasteiger partial charge in [-0.25, -0.2) is 0 Å². The minimum atomic E-state index is 0.215. The summed E-state index contributed by atoms with van der Waals surface area (Å²) in [7, 11) is 0. The Balaban J connectivity index is 1.19. The molecule has 7 aromatic rings. The van der Waals surface area contributed by atoms with Crippen LogP contribution >= 0.6 is 0 Å². The van der Waals surface area contributed by atoms with Gasteiger partial charge < -0.3 is 0 Å². The average molecular weight is 559 g/mol. The first kappa shape index (κ1) is 25.1. The van der Waals surface area contributed by atoms with Gasteiger partial charge in [-0.05, 0) is 77.9 Å². The van der Waals surface area contributed by atoms with Gasteiger partial charge in [0.25, 0.3) is 0 Å². The molecule has 2 atom stereocenters. The van der Waals surface area contributed by atoms with E-state index in [1.807, 2.05) is 0 Å². The highest BCUT2D eigenvalue weighted by Gasteiger charge is 2.38. The van der Waals surface area contributed by atoms with Crippen LogP contribution in [0.2, 0.25) is 0 Å². The molecule has 2 unspecified atom stereocenters. The minimum Gasteiger partial charge on any atom is -0.0622 e. The zero-order chi connectivity index (χ0) is 29.0. The first-order valence-corrected chi connectivity index (χ1v) is 15.5. The Morgan fingerprint density at radius 1 is 0.250 bits per heavy atom. The van der Waals surface area contributed by atoms with Crippen molar-refractivity contribution in [3.05, 3.63) is 203 Å². The SMILES string of the molecule is c1ccc(-c2ccc(C3c4ccccc4-c4c3ccc3c4-c4ccccc4C3c3ccc(-c4ccccc4)cc3)cc2)cc1. The van der Waals surface area contributed by atoms with E-state index in [0.29, 0.717) is 0 Å². The van der Waals surface area contributed by atoms with Crippen molar-refractivity contribution in [2.45, 2.75) is 11.8 Å². The smallest absolute Gasteiger partial charge is 0.0352 e. The molecule has 0 aromatic heterocycles. The molecular weight excluding hydrogens is 528 g/mol. The lowest BCUT2D eigenvalue weighted by atomic mass is 9.85. The number of hydrogen-bond donors (Lipinski definition) is 0. The largest absolute Gasteiger partial charge is 0.0622 e. The lowest BCUT2D eigenvalue weighted by Gasteiger charge is -2.18. The van der Waals surface area contributed by atoms with E-state index in [2.05, 4.69) is 170 Å². The van der Waals surface area contributed by atoms with Gasteiger partial charge >= 0.3 is 0 Å². The van der Waals surface area contributed by atoms with E-state index in [0.717, 1.165) is 0 Å². The monoisotopic (exact) mass is 558 g/mol. The van der Waals surface area contributed by atoms with Crippen molar-refractivity contribution in [1.82, 2.24) is 0 Å². The highest BCUT2D eigenvalue weighted by molar-refractivity contribution is 5.98. The molecule has 0 heteroatoms. The lowest BCUT2D eigenvalue weighted by Crippen LogP contribution is -2.01. The topological polar surface area (TPSA) is 0 Å². The van der Waals surface area contributed by atoms with Crippen LogP contribution in [0.15, 0.2) is 170 Å². The predicted molar refractivity (Wildman–Crippen MR) is 183 cm³/mol. The van der Waals surface area contributed by atoms with Gasteiger partial charge in [-0.1, -0.05) is 170 Å². The van der Waals surface area contributed by atoms with E-state index in [1.54, 1.807) is 0 Å². The van der Waals surface area contributed by atoms with Gasteiger partial charge in [-0.2, -0.15) is 0 Å². The Labute approximate surface area is 258 Å². The molecule has 7 aromatic carbocycles. The molecule has 0 fully saturated rings. The minimum absolute atomic E-state index is 0.215. The van der Waals surface area contributed by atoms with Gasteiger partial charge in [-0.15, -0.1) is 0 Å². The zero-order valence-corrected chi connectivity index (χ0v) is 24.3. The van der Waals surface area contributed by atoms with E-state index in [1.165, 1.54) is 77.9 Å². The van der Waals surface area contributed by atoms with Gasteiger partial charge in [0.1, 0.15) is 0 Å². The van der Waals surface area contributed by atoms with Crippen molar-refractivity contribution in [3.63, 3.8) is 0 Å². The second kappa shape index (κ2) is 10.1. The van der Waals surface area contributed by atoms with E-state index < -0.39 is 0 Å². The molecule has 0 saturated carbocycles. The van der Waals surface area contributed by atoms with E-state index in [4.69, 9.17) is 0 Å². The van der Waals surface area contributed by atoms with Gasteiger partial charge in [0.05, 0.1) is 0 Å². The Bertz CT molecular complexity index is 1980. The van der Waals surface area contributed by atoms with Crippen LogP contribution in [-0.2, 0) is 0 Å². The molecule has 206 valence electrons. The summed E-state index contributed by atoms with van der Waals surface area (Å²) >= 11 is 0. The fourth-order valence-corrected chi connectivity index (χ4v) is 7.70. The third-order valence-electron chi connectivity index (χ3n) is 9.68. The van der Waals surface area contributed by atoms with Crippen LogP contribution in [0.5, 0.6) is 0 Å². The summed E-state index contributed by atoms with van der Waals surface area (Å²) in [5.74, 6) is 0.431. The zero-order valence-electron chi connectivity index (χ0n) is 24.3. The molecule has 0 saturated heterocycles. The molecule has 0 N–H and O–H groups in total. The second-order valence-corrected chi connectivity index (χ2v) is 12.0. The fourth-order valence-electron chi connectivity index (χ4n) is 7.70. The van der Waals surface area contributed by atoms with Crippen LogP contribution < -0.4 is 0 Å². The Hall–Kier alpha value is -5.46. The third-order valence-corrected chi connectivity index (χ3v) is 9.68. The Kier molecular flexibility index (Phi) is 5.74. The highest BCUT2D eigenvalue weighted by Crippen LogP contribution is 2.58. The van der Waals surface area contributed by atoms with E-state index in [-0.39, 0.29) is 11.8 Å². The maximum atomic E-state index is 2.42. The lowest BCUT2D eigenvalue weighted by molar-refractivity contribution is 0.998. The summed E-state index contributed by atoms with van der Waals surface area (Å²) in [4.78, 5) is 0. The van der Waals surface area contributed by atoms with Crippen LogP contribution in [0.4, 0.5) is 0 Å². The summed E-state index contributed by atoms with van der Waals surface area (Å²) in [6, 6.07) is 62.7. The van der Waals surface area contributed by atoms with Crippen molar-refractivity contribution in [3.8, 4) is 44.5 Å². The summed E-state index contributed by atoms with van der Waals surface area (Å²) in [6.45, 7) is 0. The van der Waals surface area contributed by atoms with Crippen LogP contribution in [0.25, 0.3) is 44.5 Å². The molecule has 9 rings (SSSR count). The van der Waals surface area contributed by atoms with Crippen molar-refractivity contribution in [2.75, 3.05) is 0 Å². The maximum Gasteiger partial charge on any atom is 0.0352 e. The molecule has 2 aliphatic carbocycles. The van der Waals surface area contributed by atoms with Crippen LogP contribution in [0.1, 0.15) is 45.2 Å². The molecule has 0 spiro atoms. The van der Waals surface area contributed by atoms with Crippen molar-refractivity contribution in [2.24, 2.45) is 0 Å². The molecule has 0 nitrogen and oxygen atoms in total.